The predicted octanol–water partition coefficient (Wildman–Crippen LogP) is 1.65. The zero-order valence-electron chi connectivity index (χ0n) is 9.41. The second kappa shape index (κ2) is 5.51. The maximum Gasteiger partial charge on any atom is 0.322 e. The summed E-state index contributed by atoms with van der Waals surface area (Å²) in [5, 5.41) is 3.10. The van der Waals surface area contributed by atoms with Gasteiger partial charge in [-0.3, -0.25) is 4.79 Å². The molecular formula is C12H17NO2. The zero-order valence-corrected chi connectivity index (χ0v) is 9.41. The van der Waals surface area contributed by atoms with E-state index in [1.54, 1.807) is 6.92 Å². The van der Waals surface area contributed by atoms with E-state index in [-0.39, 0.29) is 12.0 Å². The summed E-state index contributed by atoms with van der Waals surface area (Å²) in [5.41, 5.74) is 2.39. The van der Waals surface area contributed by atoms with Crippen molar-refractivity contribution in [3.8, 4) is 0 Å². The number of nitrogens with one attached hydrogen (secondary N) is 1. The first kappa shape index (κ1) is 11.7. The fraction of sp³-hybridized carbons (Fsp3) is 0.417. The van der Waals surface area contributed by atoms with Crippen LogP contribution in [0.3, 0.4) is 0 Å². The lowest BCUT2D eigenvalue weighted by atomic mass is 10.1. The van der Waals surface area contributed by atoms with E-state index in [1.165, 1.54) is 18.2 Å². The lowest BCUT2D eigenvalue weighted by Gasteiger charge is -2.11. The highest BCUT2D eigenvalue weighted by atomic mass is 16.5. The summed E-state index contributed by atoms with van der Waals surface area (Å²) < 4.78 is 4.62. The third kappa shape index (κ3) is 3.72. The molecule has 0 heterocycles. The molecule has 0 aliphatic rings. The standard InChI is InChI=1S/C12H17NO2/c1-9-5-4-6-11(7-9)8-13-10(2)12(14)15-3/h4-7,10,13H,8H2,1-3H3/t10-/m1/s1. The van der Waals surface area contributed by atoms with Gasteiger partial charge in [-0.05, 0) is 19.4 Å². The van der Waals surface area contributed by atoms with Crippen LogP contribution in [0, 0.1) is 6.92 Å². The van der Waals surface area contributed by atoms with E-state index in [0.717, 1.165) is 0 Å². The Morgan fingerprint density at radius 1 is 1.53 bits per heavy atom. The Hall–Kier alpha value is -1.35. The van der Waals surface area contributed by atoms with Gasteiger partial charge in [0.05, 0.1) is 7.11 Å². The van der Waals surface area contributed by atoms with Gasteiger partial charge in [0.25, 0.3) is 0 Å². The Kier molecular flexibility index (Phi) is 4.31. The average Bonchev–Trinajstić information content (AvgIpc) is 2.25. The van der Waals surface area contributed by atoms with Crippen molar-refractivity contribution in [2.45, 2.75) is 26.4 Å². The van der Waals surface area contributed by atoms with Crippen molar-refractivity contribution in [1.82, 2.24) is 5.32 Å². The number of rotatable bonds is 4. The number of methoxy groups -OCH3 is 1. The van der Waals surface area contributed by atoms with Crippen LogP contribution in [0.2, 0.25) is 0 Å². The summed E-state index contributed by atoms with van der Waals surface area (Å²) in [5.74, 6) is -0.234. The van der Waals surface area contributed by atoms with E-state index in [2.05, 4.69) is 16.1 Å². The van der Waals surface area contributed by atoms with Crippen molar-refractivity contribution >= 4 is 5.97 Å². The van der Waals surface area contributed by atoms with Crippen molar-refractivity contribution in [3.05, 3.63) is 35.4 Å². The molecule has 0 amide bonds. The normalized spacial score (nSPS) is 12.2. The number of carbonyl (C=O) groups is 1. The molecular weight excluding hydrogens is 190 g/mol. The number of carbonyl (C=O) groups excluding carboxylic acids is 1. The molecule has 1 aromatic carbocycles. The third-order valence-electron chi connectivity index (χ3n) is 2.25. The van der Waals surface area contributed by atoms with Gasteiger partial charge in [0.1, 0.15) is 6.04 Å². The van der Waals surface area contributed by atoms with Crippen LogP contribution in [-0.2, 0) is 16.1 Å². The highest BCUT2D eigenvalue weighted by molar-refractivity contribution is 5.75. The molecule has 0 aromatic heterocycles. The minimum atomic E-state index is -0.268. The number of aryl methyl sites for hydroxylation is 1. The molecule has 1 N–H and O–H groups in total. The van der Waals surface area contributed by atoms with Gasteiger partial charge in [-0.2, -0.15) is 0 Å². The van der Waals surface area contributed by atoms with Gasteiger partial charge in [0.2, 0.25) is 0 Å². The molecule has 1 aromatic rings. The molecule has 15 heavy (non-hydrogen) atoms. The van der Waals surface area contributed by atoms with E-state index >= 15 is 0 Å². The minimum Gasteiger partial charge on any atom is -0.468 e. The van der Waals surface area contributed by atoms with Crippen molar-refractivity contribution in [1.29, 1.82) is 0 Å². The molecule has 0 bridgehead atoms. The molecule has 0 spiro atoms. The molecule has 0 fully saturated rings. The smallest absolute Gasteiger partial charge is 0.322 e. The summed E-state index contributed by atoms with van der Waals surface area (Å²) >= 11 is 0. The highest BCUT2D eigenvalue weighted by Gasteiger charge is 2.11. The van der Waals surface area contributed by atoms with Gasteiger partial charge in [0, 0.05) is 6.54 Å². The number of hydrogen-bond acceptors (Lipinski definition) is 3. The number of hydrogen-bond donors (Lipinski definition) is 1. The fourth-order valence-electron chi connectivity index (χ4n) is 1.35. The minimum absolute atomic E-state index is 0.234. The predicted molar refractivity (Wildman–Crippen MR) is 59.5 cm³/mol. The Morgan fingerprint density at radius 2 is 2.27 bits per heavy atom. The molecule has 0 saturated carbocycles. The van der Waals surface area contributed by atoms with Crippen LogP contribution in [0.15, 0.2) is 24.3 Å². The van der Waals surface area contributed by atoms with Gasteiger partial charge in [0.15, 0.2) is 0 Å². The van der Waals surface area contributed by atoms with Crippen molar-refractivity contribution in [3.63, 3.8) is 0 Å². The lowest BCUT2D eigenvalue weighted by Crippen LogP contribution is -2.34. The molecule has 0 aliphatic carbocycles. The molecule has 3 nitrogen and oxygen atoms in total. The van der Waals surface area contributed by atoms with Crippen LogP contribution in [0.25, 0.3) is 0 Å². The molecule has 82 valence electrons. The highest BCUT2D eigenvalue weighted by Crippen LogP contribution is 2.03. The molecule has 0 saturated heterocycles. The first-order valence-electron chi connectivity index (χ1n) is 5.00. The molecule has 0 radical (unpaired) electrons. The summed E-state index contributed by atoms with van der Waals surface area (Å²) in [7, 11) is 1.40. The van der Waals surface area contributed by atoms with Crippen LogP contribution in [0.5, 0.6) is 0 Å². The largest absolute Gasteiger partial charge is 0.468 e. The Morgan fingerprint density at radius 3 is 2.87 bits per heavy atom. The molecule has 3 heteroatoms. The van der Waals surface area contributed by atoms with Gasteiger partial charge >= 0.3 is 5.97 Å². The van der Waals surface area contributed by atoms with Gasteiger partial charge in [-0.1, -0.05) is 29.8 Å². The Bertz CT molecular complexity index is 336. The van der Waals surface area contributed by atoms with Crippen molar-refractivity contribution in [2.24, 2.45) is 0 Å². The van der Waals surface area contributed by atoms with E-state index in [9.17, 15) is 4.79 Å². The van der Waals surface area contributed by atoms with Crippen LogP contribution < -0.4 is 5.32 Å². The monoisotopic (exact) mass is 207 g/mol. The number of esters is 1. The second-order valence-electron chi connectivity index (χ2n) is 3.61. The average molecular weight is 207 g/mol. The fourth-order valence-corrected chi connectivity index (χ4v) is 1.35. The Labute approximate surface area is 90.4 Å². The molecule has 1 atom stereocenters. The van der Waals surface area contributed by atoms with E-state index < -0.39 is 0 Å². The van der Waals surface area contributed by atoms with E-state index in [0.29, 0.717) is 6.54 Å². The quantitative estimate of drug-likeness (QED) is 0.763. The molecule has 1 rings (SSSR count). The zero-order chi connectivity index (χ0) is 11.3. The summed E-state index contributed by atoms with van der Waals surface area (Å²) in [6, 6.07) is 7.92. The van der Waals surface area contributed by atoms with E-state index in [4.69, 9.17) is 0 Å². The first-order valence-corrected chi connectivity index (χ1v) is 5.00. The van der Waals surface area contributed by atoms with Gasteiger partial charge < -0.3 is 10.1 Å². The first-order chi connectivity index (χ1) is 7.13. The van der Waals surface area contributed by atoms with Crippen LogP contribution in [0.1, 0.15) is 18.1 Å². The maximum absolute atomic E-state index is 11.1. The van der Waals surface area contributed by atoms with Crippen molar-refractivity contribution in [2.75, 3.05) is 7.11 Å². The maximum atomic E-state index is 11.1. The third-order valence-corrected chi connectivity index (χ3v) is 2.25. The number of ether oxygens (including phenoxy) is 1. The van der Waals surface area contributed by atoms with Crippen LogP contribution in [-0.4, -0.2) is 19.1 Å². The Balaban J connectivity index is 2.47. The van der Waals surface area contributed by atoms with Gasteiger partial charge in [-0.25, -0.2) is 0 Å². The SMILES string of the molecule is COC(=O)[C@@H](C)NCc1cccc(C)c1. The molecule has 0 aliphatic heterocycles. The van der Waals surface area contributed by atoms with Crippen LogP contribution in [0.4, 0.5) is 0 Å². The van der Waals surface area contributed by atoms with Crippen LogP contribution >= 0.6 is 0 Å². The second-order valence-corrected chi connectivity index (χ2v) is 3.61. The number of benzene rings is 1. The molecule has 0 unspecified atom stereocenters. The van der Waals surface area contributed by atoms with Gasteiger partial charge in [-0.15, -0.1) is 0 Å². The lowest BCUT2D eigenvalue weighted by molar-refractivity contribution is -0.142. The summed E-state index contributed by atoms with van der Waals surface area (Å²) in [6.45, 7) is 4.52. The topological polar surface area (TPSA) is 38.3 Å². The van der Waals surface area contributed by atoms with E-state index in [1.807, 2.05) is 25.1 Å². The summed E-state index contributed by atoms with van der Waals surface area (Å²) in [4.78, 5) is 11.1. The van der Waals surface area contributed by atoms with Crippen molar-refractivity contribution < 1.29 is 9.53 Å². The summed E-state index contributed by atoms with van der Waals surface area (Å²) in [6.07, 6.45) is 0.